The fraction of sp³-hybridized carbons (Fsp3) is 0.378. The van der Waals surface area contributed by atoms with Gasteiger partial charge in [-0.2, -0.15) is 0 Å². The first-order valence-electron chi connectivity index (χ1n) is 15.9. The summed E-state index contributed by atoms with van der Waals surface area (Å²) in [6.45, 7) is 2.78. The predicted octanol–water partition coefficient (Wildman–Crippen LogP) is 10.3. The van der Waals surface area contributed by atoms with Crippen molar-refractivity contribution in [3.05, 3.63) is 97.3 Å². The molecule has 0 aliphatic heterocycles. The van der Waals surface area contributed by atoms with E-state index >= 15 is 0 Å². The van der Waals surface area contributed by atoms with Crippen molar-refractivity contribution in [1.82, 2.24) is 4.98 Å². The van der Waals surface area contributed by atoms with Gasteiger partial charge in [0.05, 0.1) is 0 Å². The highest BCUT2D eigenvalue weighted by Gasteiger charge is 2.20. The molecule has 1 N–H and O–H groups in total. The lowest BCUT2D eigenvalue weighted by molar-refractivity contribution is 0.190. The molecule has 5 rings (SSSR count). The third kappa shape index (κ3) is 10.1. The number of benzene rings is 4. The van der Waals surface area contributed by atoms with Crippen LogP contribution in [-0.2, 0) is 4.65 Å². The zero-order valence-electron chi connectivity index (χ0n) is 25.2. The number of aromatic nitrogens is 1. The van der Waals surface area contributed by atoms with E-state index in [4.69, 9.17) is 9.31 Å². The Bertz CT molecular complexity index is 1430. The Morgan fingerprint density at radius 1 is 0.595 bits per heavy atom. The molecule has 0 fully saturated rings. The van der Waals surface area contributed by atoms with Gasteiger partial charge in [-0.25, -0.2) is 0 Å². The standard InChI is InChI=1S/C32H41BO3.C5H5N/c1-2-3-4-5-6-7-8-9-10-11-12-15-23-35-33(34)36-31-20-16-19-26-21-22-29-24-27-17-13-14-18-28(27)25-30(29)32(26)31;1-2-4-6-5-3-1/h13-14,16-22,24-25,34H,2-12,15,23H2,1H3;1-5H. The third-order valence-corrected chi connectivity index (χ3v) is 7.74. The summed E-state index contributed by atoms with van der Waals surface area (Å²) >= 11 is 0. The highest BCUT2D eigenvalue weighted by atomic mass is 16.7. The lowest BCUT2D eigenvalue weighted by Gasteiger charge is -2.14. The molecule has 0 atom stereocenters. The van der Waals surface area contributed by atoms with Crippen LogP contribution in [0.3, 0.4) is 0 Å². The maximum Gasteiger partial charge on any atom is 0.710 e. The fourth-order valence-electron chi connectivity index (χ4n) is 5.45. The van der Waals surface area contributed by atoms with Crippen molar-refractivity contribution >= 4 is 39.6 Å². The van der Waals surface area contributed by atoms with Gasteiger partial charge in [-0.3, -0.25) is 4.98 Å². The van der Waals surface area contributed by atoms with Crippen LogP contribution in [0.5, 0.6) is 5.75 Å². The number of nitrogens with zero attached hydrogens (tertiary/aromatic N) is 1. The van der Waals surface area contributed by atoms with Crippen molar-refractivity contribution in [2.75, 3.05) is 6.61 Å². The van der Waals surface area contributed by atoms with Crippen LogP contribution in [0.25, 0.3) is 32.3 Å². The van der Waals surface area contributed by atoms with Gasteiger partial charge in [0, 0.05) is 24.4 Å². The van der Waals surface area contributed by atoms with Gasteiger partial charge in [0.1, 0.15) is 5.75 Å². The van der Waals surface area contributed by atoms with Crippen LogP contribution in [0.15, 0.2) is 97.3 Å². The number of pyridine rings is 1. The predicted molar refractivity (Wildman–Crippen MR) is 179 cm³/mol. The number of hydrogen-bond donors (Lipinski definition) is 1. The molecule has 0 spiro atoms. The van der Waals surface area contributed by atoms with E-state index in [0.29, 0.717) is 12.4 Å². The molecule has 1 heterocycles. The molecule has 220 valence electrons. The molecule has 0 saturated carbocycles. The first kappa shape index (κ1) is 31.5. The van der Waals surface area contributed by atoms with E-state index in [0.717, 1.165) is 34.4 Å². The molecule has 42 heavy (non-hydrogen) atoms. The minimum atomic E-state index is -1.26. The summed E-state index contributed by atoms with van der Waals surface area (Å²) in [6.07, 6.45) is 19.1. The van der Waals surface area contributed by atoms with Gasteiger partial charge in [0.25, 0.3) is 0 Å². The largest absolute Gasteiger partial charge is 0.710 e. The van der Waals surface area contributed by atoms with E-state index in [9.17, 15) is 5.02 Å². The Balaban J connectivity index is 0.000000600. The summed E-state index contributed by atoms with van der Waals surface area (Å²) in [6, 6.07) is 28.7. The normalized spacial score (nSPS) is 11.0. The van der Waals surface area contributed by atoms with Crippen molar-refractivity contribution in [1.29, 1.82) is 0 Å². The van der Waals surface area contributed by atoms with E-state index in [1.807, 2.05) is 30.3 Å². The molecule has 0 aliphatic carbocycles. The molecule has 5 aromatic rings. The van der Waals surface area contributed by atoms with Gasteiger partial charge in [-0.05, 0) is 63.7 Å². The first-order chi connectivity index (χ1) is 20.8. The first-order valence-corrected chi connectivity index (χ1v) is 15.9. The number of unbranched alkanes of at least 4 members (excludes halogenated alkanes) is 11. The molecular formula is C37H46BNO3. The molecule has 5 heteroatoms. The van der Waals surface area contributed by atoms with Gasteiger partial charge in [-0.15, -0.1) is 0 Å². The van der Waals surface area contributed by atoms with Crippen LogP contribution >= 0.6 is 0 Å². The van der Waals surface area contributed by atoms with Crippen LogP contribution in [0.2, 0.25) is 0 Å². The number of hydrogen-bond acceptors (Lipinski definition) is 4. The van der Waals surface area contributed by atoms with Crippen molar-refractivity contribution in [3.63, 3.8) is 0 Å². The molecule has 0 unspecified atom stereocenters. The molecule has 4 nitrogen and oxygen atoms in total. The topological polar surface area (TPSA) is 51.6 Å². The minimum absolute atomic E-state index is 0.509. The average molecular weight is 564 g/mol. The van der Waals surface area contributed by atoms with Crippen LogP contribution in [0.4, 0.5) is 0 Å². The van der Waals surface area contributed by atoms with Crippen molar-refractivity contribution < 1.29 is 14.3 Å². The summed E-state index contributed by atoms with van der Waals surface area (Å²) in [5.41, 5.74) is 0. The summed E-state index contributed by atoms with van der Waals surface area (Å²) in [5, 5.41) is 17.2. The van der Waals surface area contributed by atoms with Gasteiger partial charge in [0.15, 0.2) is 0 Å². The van der Waals surface area contributed by atoms with Gasteiger partial charge in [0.2, 0.25) is 0 Å². The Kier molecular flexibility index (Phi) is 13.7. The highest BCUT2D eigenvalue weighted by Crippen LogP contribution is 2.35. The Morgan fingerprint density at radius 2 is 1.19 bits per heavy atom. The molecule has 0 saturated heterocycles. The van der Waals surface area contributed by atoms with Gasteiger partial charge in [-0.1, -0.05) is 132 Å². The van der Waals surface area contributed by atoms with Gasteiger partial charge < -0.3 is 14.3 Å². The van der Waals surface area contributed by atoms with Crippen molar-refractivity contribution in [2.45, 2.75) is 84.0 Å². The molecule has 0 amide bonds. The summed E-state index contributed by atoms with van der Waals surface area (Å²) in [5.74, 6) is 0.649. The third-order valence-electron chi connectivity index (χ3n) is 7.74. The molecule has 0 aliphatic rings. The van der Waals surface area contributed by atoms with Crippen molar-refractivity contribution in [2.24, 2.45) is 0 Å². The zero-order valence-corrected chi connectivity index (χ0v) is 25.2. The van der Waals surface area contributed by atoms with E-state index in [-0.39, 0.29) is 0 Å². The van der Waals surface area contributed by atoms with Crippen molar-refractivity contribution in [3.8, 4) is 5.75 Å². The van der Waals surface area contributed by atoms with E-state index < -0.39 is 7.32 Å². The Morgan fingerprint density at radius 3 is 1.81 bits per heavy atom. The minimum Gasteiger partial charge on any atom is -0.511 e. The van der Waals surface area contributed by atoms with Crippen LogP contribution in [0, 0.1) is 0 Å². The fourth-order valence-corrected chi connectivity index (χ4v) is 5.45. The number of fused-ring (bicyclic) bond motifs is 4. The second-order valence-corrected chi connectivity index (χ2v) is 11.0. The average Bonchev–Trinajstić information content (AvgIpc) is 3.03. The maximum absolute atomic E-state index is 10.4. The highest BCUT2D eigenvalue weighted by molar-refractivity contribution is 6.36. The second-order valence-electron chi connectivity index (χ2n) is 11.0. The molecule has 0 bridgehead atoms. The summed E-state index contributed by atoms with van der Waals surface area (Å²) < 4.78 is 11.5. The zero-order chi connectivity index (χ0) is 29.2. The summed E-state index contributed by atoms with van der Waals surface area (Å²) in [4.78, 5) is 3.78. The molecular weight excluding hydrogens is 517 g/mol. The SMILES string of the molecule is CCCCCCCCCCCCCCOB(O)Oc1cccc2ccc3cc4ccccc4cc3c12.c1ccncc1. The quantitative estimate of drug-likeness (QED) is 0.0562. The lowest BCUT2D eigenvalue weighted by atomic mass is 9.97. The van der Waals surface area contributed by atoms with E-state index in [1.54, 1.807) is 12.4 Å². The molecule has 1 aromatic heterocycles. The molecule has 4 aromatic carbocycles. The Hall–Kier alpha value is -3.41. The monoisotopic (exact) mass is 563 g/mol. The van der Waals surface area contributed by atoms with Crippen LogP contribution in [0.1, 0.15) is 84.0 Å². The van der Waals surface area contributed by atoms with E-state index in [1.165, 1.54) is 75.0 Å². The smallest absolute Gasteiger partial charge is 0.511 e. The maximum atomic E-state index is 10.4. The van der Waals surface area contributed by atoms with Crippen LogP contribution in [-0.4, -0.2) is 23.9 Å². The summed E-state index contributed by atoms with van der Waals surface area (Å²) in [7, 11) is -1.26. The molecule has 0 radical (unpaired) electrons. The van der Waals surface area contributed by atoms with E-state index in [2.05, 4.69) is 66.5 Å². The lowest BCUT2D eigenvalue weighted by Crippen LogP contribution is -2.26. The van der Waals surface area contributed by atoms with Crippen LogP contribution < -0.4 is 4.65 Å². The van der Waals surface area contributed by atoms with Gasteiger partial charge >= 0.3 is 7.32 Å². The second kappa shape index (κ2) is 18.2. The Labute approximate surface area is 252 Å². The number of rotatable bonds is 16.